The molecule has 1 unspecified atom stereocenters. The third kappa shape index (κ3) is 6.68. The minimum Gasteiger partial charge on any atom is -0.445 e. The molecule has 1 aliphatic heterocycles. The van der Waals surface area contributed by atoms with E-state index in [2.05, 4.69) is 29.6 Å². The Morgan fingerprint density at radius 2 is 1.89 bits per heavy atom. The standard InChI is InChI=1S/C26H37N5O3Si/c1-35(2,3)16-15-33-19-31-14-11-22-24(28-18-29-25(22)31)23(27)21-9-12-30(13-10-21)26(32)34-17-20-7-5-4-6-8-20/h4-8,11,14,18,21,23H,9-10,12-13,15-17,19,27H2,1-3H3. The van der Waals surface area contributed by atoms with Gasteiger partial charge in [0.15, 0.2) is 0 Å². The number of hydrogen-bond donors (Lipinski definition) is 1. The van der Waals surface area contributed by atoms with E-state index in [1.165, 1.54) is 0 Å². The first kappa shape index (κ1) is 25.3. The second-order valence-electron chi connectivity index (χ2n) is 10.5. The summed E-state index contributed by atoms with van der Waals surface area (Å²) in [4.78, 5) is 23.3. The van der Waals surface area contributed by atoms with Gasteiger partial charge in [0.1, 0.15) is 25.3 Å². The van der Waals surface area contributed by atoms with Crippen molar-refractivity contribution in [1.29, 1.82) is 0 Å². The molecule has 1 fully saturated rings. The van der Waals surface area contributed by atoms with Crippen molar-refractivity contribution in [3.8, 4) is 0 Å². The number of hydrogen-bond acceptors (Lipinski definition) is 6. The molecule has 1 amide bonds. The minimum atomic E-state index is -1.12. The van der Waals surface area contributed by atoms with E-state index in [1.54, 1.807) is 11.2 Å². The van der Waals surface area contributed by atoms with Crippen LogP contribution in [0.5, 0.6) is 0 Å². The molecule has 1 saturated heterocycles. The van der Waals surface area contributed by atoms with Crippen LogP contribution in [0.15, 0.2) is 48.9 Å². The highest BCUT2D eigenvalue weighted by Gasteiger charge is 2.30. The van der Waals surface area contributed by atoms with Gasteiger partial charge in [0.2, 0.25) is 0 Å². The van der Waals surface area contributed by atoms with Crippen LogP contribution >= 0.6 is 0 Å². The molecule has 1 atom stereocenters. The lowest BCUT2D eigenvalue weighted by molar-refractivity contribution is 0.0797. The lowest BCUT2D eigenvalue weighted by Gasteiger charge is -2.34. The predicted molar refractivity (Wildman–Crippen MR) is 139 cm³/mol. The zero-order valence-corrected chi connectivity index (χ0v) is 22.0. The molecule has 0 spiro atoms. The number of nitrogens with two attached hydrogens (primary N) is 1. The molecule has 2 N–H and O–H groups in total. The van der Waals surface area contributed by atoms with Crippen LogP contribution in [0.2, 0.25) is 25.7 Å². The summed E-state index contributed by atoms with van der Waals surface area (Å²) in [5.74, 6) is 0.239. The van der Waals surface area contributed by atoms with E-state index in [4.69, 9.17) is 15.2 Å². The maximum absolute atomic E-state index is 12.5. The van der Waals surface area contributed by atoms with Crippen molar-refractivity contribution in [2.24, 2.45) is 11.7 Å². The molecule has 3 aromatic rings. The van der Waals surface area contributed by atoms with Crippen LogP contribution in [-0.4, -0.2) is 53.3 Å². The van der Waals surface area contributed by atoms with Gasteiger partial charge in [-0.2, -0.15) is 0 Å². The van der Waals surface area contributed by atoms with Crippen molar-refractivity contribution in [3.63, 3.8) is 0 Å². The van der Waals surface area contributed by atoms with Crippen LogP contribution in [0.25, 0.3) is 11.0 Å². The fourth-order valence-corrected chi connectivity index (χ4v) is 5.17. The summed E-state index contributed by atoms with van der Waals surface area (Å²) in [6.45, 7) is 9.83. The molecule has 8 nitrogen and oxygen atoms in total. The first-order valence-corrected chi connectivity index (χ1v) is 16.1. The monoisotopic (exact) mass is 495 g/mol. The molecule has 3 heterocycles. The largest absolute Gasteiger partial charge is 0.445 e. The number of amides is 1. The van der Waals surface area contributed by atoms with Crippen LogP contribution in [0.3, 0.4) is 0 Å². The topological polar surface area (TPSA) is 95.5 Å². The first-order chi connectivity index (χ1) is 16.8. The third-order valence-corrected chi connectivity index (χ3v) is 8.34. The minimum absolute atomic E-state index is 0.216. The van der Waals surface area contributed by atoms with Crippen LogP contribution in [0.1, 0.15) is 30.1 Å². The summed E-state index contributed by atoms with van der Waals surface area (Å²) in [5.41, 5.74) is 9.40. The molecule has 9 heteroatoms. The number of nitrogens with zero attached hydrogens (tertiary/aromatic N) is 4. The summed E-state index contributed by atoms with van der Waals surface area (Å²) < 4.78 is 13.4. The van der Waals surface area contributed by atoms with Crippen molar-refractivity contribution in [2.45, 2.75) is 57.9 Å². The average Bonchev–Trinajstić information content (AvgIpc) is 3.28. The van der Waals surface area contributed by atoms with Gasteiger partial charge in [-0.1, -0.05) is 50.0 Å². The first-order valence-electron chi connectivity index (χ1n) is 12.4. The lowest BCUT2D eigenvalue weighted by Crippen LogP contribution is -2.41. The molecule has 1 aromatic carbocycles. The Labute approximate surface area is 208 Å². The van der Waals surface area contributed by atoms with E-state index in [0.717, 1.165) is 47.8 Å². The Kier molecular flexibility index (Phi) is 8.20. The van der Waals surface area contributed by atoms with Crippen LogP contribution in [-0.2, 0) is 22.8 Å². The zero-order chi connectivity index (χ0) is 24.8. The SMILES string of the molecule is C[Si](C)(C)CCOCn1ccc2c(C(N)C3CCN(C(=O)OCc4ccccc4)CC3)ncnc21. The normalized spacial score (nSPS) is 15.9. The van der Waals surface area contributed by atoms with Crippen LogP contribution in [0.4, 0.5) is 4.79 Å². The summed E-state index contributed by atoms with van der Waals surface area (Å²) in [6, 6.07) is 12.7. The lowest BCUT2D eigenvalue weighted by atomic mass is 9.87. The number of benzene rings is 1. The average molecular weight is 496 g/mol. The highest BCUT2D eigenvalue weighted by Crippen LogP contribution is 2.31. The van der Waals surface area contributed by atoms with E-state index >= 15 is 0 Å². The van der Waals surface area contributed by atoms with E-state index in [1.807, 2.05) is 47.2 Å². The molecule has 0 saturated carbocycles. The Balaban J connectivity index is 1.32. The summed E-state index contributed by atoms with van der Waals surface area (Å²) >= 11 is 0. The maximum Gasteiger partial charge on any atom is 0.410 e. The number of rotatable bonds is 9. The third-order valence-electron chi connectivity index (χ3n) is 6.64. The molecule has 2 aromatic heterocycles. The smallest absolute Gasteiger partial charge is 0.410 e. The van der Waals surface area contributed by atoms with Crippen molar-refractivity contribution < 1.29 is 14.3 Å². The Morgan fingerprint density at radius 1 is 1.14 bits per heavy atom. The zero-order valence-electron chi connectivity index (χ0n) is 21.0. The second-order valence-corrected chi connectivity index (χ2v) is 16.1. The Hall–Kier alpha value is -2.75. The quantitative estimate of drug-likeness (QED) is 0.339. The van der Waals surface area contributed by atoms with E-state index in [-0.39, 0.29) is 24.7 Å². The molecule has 0 radical (unpaired) electrons. The van der Waals surface area contributed by atoms with Gasteiger partial charge in [-0.05, 0) is 36.4 Å². The molecular weight excluding hydrogens is 458 g/mol. The molecule has 188 valence electrons. The van der Waals surface area contributed by atoms with Crippen LogP contribution in [0, 0.1) is 5.92 Å². The number of fused-ring (bicyclic) bond motifs is 1. The number of piperidine rings is 1. The number of likely N-dealkylation sites (tertiary alicyclic amines) is 1. The van der Waals surface area contributed by atoms with Crippen molar-refractivity contribution in [3.05, 3.63) is 60.2 Å². The fraction of sp³-hybridized carbons (Fsp3) is 0.500. The van der Waals surface area contributed by atoms with Gasteiger partial charge in [-0.15, -0.1) is 0 Å². The summed E-state index contributed by atoms with van der Waals surface area (Å²) in [7, 11) is -1.12. The molecule has 0 bridgehead atoms. The Morgan fingerprint density at radius 3 is 2.60 bits per heavy atom. The second kappa shape index (κ2) is 11.3. The van der Waals surface area contributed by atoms with E-state index in [9.17, 15) is 4.79 Å². The molecular formula is C26H37N5O3Si. The highest BCUT2D eigenvalue weighted by molar-refractivity contribution is 6.76. The predicted octanol–water partition coefficient (Wildman–Crippen LogP) is 4.79. The molecule has 35 heavy (non-hydrogen) atoms. The van der Waals surface area contributed by atoms with Crippen molar-refractivity contribution >= 4 is 25.2 Å². The Bertz CT molecular complexity index is 1110. The van der Waals surface area contributed by atoms with Gasteiger partial charge in [-0.25, -0.2) is 14.8 Å². The van der Waals surface area contributed by atoms with E-state index in [0.29, 0.717) is 19.8 Å². The summed E-state index contributed by atoms with van der Waals surface area (Å²) in [5, 5.41) is 0.971. The number of carbonyl (C=O) groups excluding carboxylic acids is 1. The van der Waals surface area contributed by atoms with Gasteiger partial charge in [0.05, 0.1) is 11.7 Å². The fourth-order valence-electron chi connectivity index (χ4n) is 4.41. The number of aromatic nitrogens is 3. The van der Waals surface area contributed by atoms with Crippen molar-refractivity contribution in [1.82, 2.24) is 19.4 Å². The van der Waals surface area contributed by atoms with Crippen LogP contribution < -0.4 is 5.73 Å². The van der Waals surface area contributed by atoms with Gasteiger partial charge in [-0.3, -0.25) is 0 Å². The van der Waals surface area contributed by atoms with E-state index < -0.39 is 8.07 Å². The summed E-state index contributed by atoms with van der Waals surface area (Å²) in [6.07, 6.45) is 4.94. The number of carbonyl (C=O) groups is 1. The highest BCUT2D eigenvalue weighted by atomic mass is 28.3. The maximum atomic E-state index is 12.5. The van der Waals surface area contributed by atoms with Gasteiger partial charge in [0, 0.05) is 39.4 Å². The molecule has 1 aliphatic rings. The molecule has 4 rings (SSSR count). The van der Waals surface area contributed by atoms with Crippen molar-refractivity contribution in [2.75, 3.05) is 19.7 Å². The van der Waals surface area contributed by atoms with Gasteiger partial charge >= 0.3 is 6.09 Å². The van der Waals surface area contributed by atoms with Gasteiger partial charge < -0.3 is 24.7 Å². The number of ether oxygens (including phenoxy) is 2. The van der Waals surface area contributed by atoms with Gasteiger partial charge in [0.25, 0.3) is 0 Å². The molecule has 0 aliphatic carbocycles.